The predicted octanol–water partition coefficient (Wildman–Crippen LogP) is 4.82. The summed E-state index contributed by atoms with van der Waals surface area (Å²) < 4.78 is 4.72. The van der Waals surface area contributed by atoms with Crippen molar-refractivity contribution >= 4 is 11.8 Å². The normalized spacial score (nSPS) is 20.3. The zero-order valence-electron chi connectivity index (χ0n) is 17.9. The van der Waals surface area contributed by atoms with Crippen LogP contribution in [-0.4, -0.2) is 30.1 Å². The molecule has 1 saturated carbocycles. The second-order valence-corrected chi connectivity index (χ2v) is 8.13. The quantitative estimate of drug-likeness (QED) is 0.310. The van der Waals surface area contributed by atoms with Crippen molar-refractivity contribution in [1.29, 1.82) is 0 Å². The summed E-state index contributed by atoms with van der Waals surface area (Å²) >= 11 is 0. The molecule has 1 aromatic rings. The Morgan fingerprint density at radius 3 is 2.72 bits per heavy atom. The molecular formula is C25H36O4. The molecule has 1 aliphatic rings. The fourth-order valence-electron chi connectivity index (χ4n) is 4.16. The molecule has 4 nitrogen and oxygen atoms in total. The van der Waals surface area contributed by atoms with Crippen LogP contribution in [0.3, 0.4) is 0 Å². The van der Waals surface area contributed by atoms with E-state index >= 15 is 0 Å². The van der Waals surface area contributed by atoms with E-state index < -0.39 is 6.10 Å². The van der Waals surface area contributed by atoms with E-state index in [-0.39, 0.29) is 17.8 Å². The van der Waals surface area contributed by atoms with Gasteiger partial charge in [-0.05, 0) is 49.1 Å². The third-order valence-corrected chi connectivity index (χ3v) is 5.95. The van der Waals surface area contributed by atoms with Gasteiger partial charge < -0.3 is 9.84 Å². The van der Waals surface area contributed by atoms with Crippen LogP contribution in [-0.2, 0) is 27.2 Å². The number of ketones is 1. The largest absolute Gasteiger partial charge is 0.469 e. The van der Waals surface area contributed by atoms with Crippen molar-refractivity contribution in [1.82, 2.24) is 0 Å². The first-order chi connectivity index (χ1) is 14.0. The van der Waals surface area contributed by atoms with Crippen molar-refractivity contribution in [3.8, 4) is 0 Å². The number of aliphatic hydroxyl groups excluding tert-OH is 1. The minimum Gasteiger partial charge on any atom is -0.469 e. The van der Waals surface area contributed by atoms with Crippen LogP contribution >= 0.6 is 0 Å². The molecule has 29 heavy (non-hydrogen) atoms. The van der Waals surface area contributed by atoms with E-state index in [2.05, 4.69) is 25.1 Å². The van der Waals surface area contributed by atoms with E-state index in [4.69, 9.17) is 4.74 Å². The molecule has 0 spiro atoms. The number of allylic oxidation sites excluding steroid dienone is 1. The lowest BCUT2D eigenvalue weighted by Gasteiger charge is -2.18. The average molecular weight is 401 g/mol. The highest BCUT2D eigenvalue weighted by Crippen LogP contribution is 2.33. The van der Waals surface area contributed by atoms with Gasteiger partial charge in [0, 0.05) is 18.8 Å². The van der Waals surface area contributed by atoms with Gasteiger partial charge in [0.15, 0.2) is 0 Å². The number of unbranched alkanes of at least 4 members (excludes halogenated alkanes) is 2. The van der Waals surface area contributed by atoms with Gasteiger partial charge in [0.2, 0.25) is 0 Å². The van der Waals surface area contributed by atoms with Gasteiger partial charge in [-0.2, -0.15) is 0 Å². The Balaban J connectivity index is 1.98. The van der Waals surface area contributed by atoms with Gasteiger partial charge >= 0.3 is 5.97 Å². The standard InChI is InChI=1S/C25H36O4/c1-3-4-5-12-22(26)16-14-20-15-17-24(27)23(20)18-21-10-7-6-9-19(21)11-8-13-25(28)29-2/h6-7,9-10,14,16,20,22-23,26H,3-5,8,11-13,15,17-18H2,1-2H3/b16-14+/t20-,22-,23+/m0/s1. The molecule has 0 bridgehead atoms. The van der Waals surface area contributed by atoms with Crippen molar-refractivity contribution in [3.63, 3.8) is 0 Å². The molecule has 0 saturated heterocycles. The number of carbonyl (C=O) groups is 2. The Kier molecular flexibility index (Phi) is 10.1. The average Bonchev–Trinajstić information content (AvgIpc) is 3.07. The van der Waals surface area contributed by atoms with E-state index in [0.717, 1.165) is 51.4 Å². The number of carbonyl (C=O) groups excluding carboxylic acids is 2. The summed E-state index contributed by atoms with van der Waals surface area (Å²) in [5, 5.41) is 10.2. The summed E-state index contributed by atoms with van der Waals surface area (Å²) in [7, 11) is 1.41. The van der Waals surface area contributed by atoms with E-state index in [1.807, 2.05) is 18.2 Å². The Morgan fingerprint density at radius 2 is 2.00 bits per heavy atom. The number of aryl methyl sites for hydroxylation is 1. The smallest absolute Gasteiger partial charge is 0.305 e. The summed E-state index contributed by atoms with van der Waals surface area (Å²) in [6.07, 6.45) is 11.9. The molecule has 0 heterocycles. The van der Waals surface area contributed by atoms with E-state index in [1.54, 1.807) is 0 Å². The summed E-state index contributed by atoms with van der Waals surface area (Å²) in [5.74, 6) is 0.322. The maximum absolute atomic E-state index is 12.5. The van der Waals surface area contributed by atoms with Crippen molar-refractivity contribution in [3.05, 3.63) is 47.5 Å². The number of Topliss-reactive ketones (excluding diaryl/α,β-unsaturated/α-hetero) is 1. The summed E-state index contributed by atoms with van der Waals surface area (Å²) in [6.45, 7) is 2.16. The predicted molar refractivity (Wildman–Crippen MR) is 116 cm³/mol. The fourth-order valence-corrected chi connectivity index (χ4v) is 4.16. The number of ether oxygens (including phenoxy) is 1. The highest BCUT2D eigenvalue weighted by molar-refractivity contribution is 5.84. The first kappa shape index (κ1) is 23.3. The number of esters is 1. The molecule has 1 aliphatic carbocycles. The van der Waals surface area contributed by atoms with Crippen LogP contribution in [0.4, 0.5) is 0 Å². The molecule has 1 N–H and O–H groups in total. The zero-order valence-corrected chi connectivity index (χ0v) is 17.9. The summed E-state index contributed by atoms with van der Waals surface area (Å²) in [6, 6.07) is 8.21. The molecular weight excluding hydrogens is 364 g/mol. The van der Waals surface area contributed by atoms with Gasteiger partial charge in [-0.15, -0.1) is 0 Å². The molecule has 1 aromatic carbocycles. The monoisotopic (exact) mass is 400 g/mol. The Morgan fingerprint density at radius 1 is 1.24 bits per heavy atom. The molecule has 0 aliphatic heterocycles. The topological polar surface area (TPSA) is 63.6 Å². The zero-order chi connectivity index (χ0) is 21.1. The Labute approximate surface area is 175 Å². The lowest BCUT2D eigenvalue weighted by molar-refractivity contribution is -0.140. The summed E-state index contributed by atoms with van der Waals surface area (Å²) in [4.78, 5) is 23.9. The van der Waals surface area contributed by atoms with Crippen LogP contribution in [0.15, 0.2) is 36.4 Å². The van der Waals surface area contributed by atoms with Crippen molar-refractivity contribution in [2.75, 3.05) is 7.11 Å². The maximum Gasteiger partial charge on any atom is 0.305 e. The van der Waals surface area contributed by atoms with Gasteiger partial charge in [-0.1, -0.05) is 62.6 Å². The van der Waals surface area contributed by atoms with Crippen molar-refractivity contribution < 1.29 is 19.4 Å². The maximum atomic E-state index is 12.5. The number of rotatable bonds is 12. The lowest BCUT2D eigenvalue weighted by Crippen LogP contribution is -2.18. The molecule has 160 valence electrons. The highest BCUT2D eigenvalue weighted by Gasteiger charge is 2.33. The van der Waals surface area contributed by atoms with Crippen LogP contribution in [0, 0.1) is 11.8 Å². The number of hydrogen-bond donors (Lipinski definition) is 1. The van der Waals surface area contributed by atoms with Crippen LogP contribution in [0.5, 0.6) is 0 Å². The Bertz CT molecular complexity index is 679. The number of hydrogen-bond acceptors (Lipinski definition) is 4. The Hall–Kier alpha value is -1.94. The summed E-state index contributed by atoms with van der Waals surface area (Å²) in [5.41, 5.74) is 2.40. The van der Waals surface area contributed by atoms with Crippen LogP contribution in [0.25, 0.3) is 0 Å². The van der Waals surface area contributed by atoms with Crippen molar-refractivity contribution in [2.24, 2.45) is 11.8 Å². The van der Waals surface area contributed by atoms with Gasteiger partial charge in [-0.3, -0.25) is 9.59 Å². The van der Waals surface area contributed by atoms with Gasteiger partial charge in [0.1, 0.15) is 5.78 Å². The first-order valence-corrected chi connectivity index (χ1v) is 11.1. The first-order valence-electron chi connectivity index (χ1n) is 11.1. The van der Waals surface area contributed by atoms with Crippen LogP contribution in [0.2, 0.25) is 0 Å². The molecule has 4 heteroatoms. The van der Waals surface area contributed by atoms with Gasteiger partial charge in [-0.25, -0.2) is 0 Å². The highest BCUT2D eigenvalue weighted by atomic mass is 16.5. The van der Waals surface area contributed by atoms with E-state index in [9.17, 15) is 14.7 Å². The molecule has 2 rings (SSSR count). The van der Waals surface area contributed by atoms with Gasteiger partial charge in [0.05, 0.1) is 13.2 Å². The number of benzene rings is 1. The van der Waals surface area contributed by atoms with Crippen LogP contribution < -0.4 is 0 Å². The van der Waals surface area contributed by atoms with E-state index in [1.165, 1.54) is 18.2 Å². The van der Waals surface area contributed by atoms with E-state index in [0.29, 0.717) is 18.6 Å². The van der Waals surface area contributed by atoms with Crippen LogP contribution in [0.1, 0.15) is 69.4 Å². The molecule has 0 unspecified atom stereocenters. The SMILES string of the molecule is CCCCC[C@H](O)/C=C/[C@H]1CCC(=O)[C@@H]1Cc1ccccc1CCCC(=O)OC. The van der Waals surface area contributed by atoms with Crippen molar-refractivity contribution in [2.45, 2.75) is 77.2 Å². The molecule has 0 amide bonds. The minimum atomic E-state index is -0.413. The molecule has 1 fully saturated rings. The molecule has 0 aromatic heterocycles. The third kappa shape index (κ3) is 7.77. The fraction of sp³-hybridized carbons (Fsp3) is 0.600. The molecule has 0 radical (unpaired) electrons. The van der Waals surface area contributed by atoms with Gasteiger partial charge in [0.25, 0.3) is 0 Å². The number of aliphatic hydroxyl groups is 1. The number of methoxy groups -OCH3 is 1. The second-order valence-electron chi connectivity index (χ2n) is 8.13. The third-order valence-electron chi connectivity index (χ3n) is 5.95. The second kappa shape index (κ2) is 12.6. The lowest BCUT2D eigenvalue weighted by atomic mass is 9.86. The molecule has 3 atom stereocenters. The minimum absolute atomic E-state index is 0.0177.